The highest BCUT2D eigenvalue weighted by atomic mass is 79.9. The van der Waals surface area contributed by atoms with Gasteiger partial charge in [0.15, 0.2) is 0 Å². The fourth-order valence-electron chi connectivity index (χ4n) is 2.29. The van der Waals surface area contributed by atoms with E-state index < -0.39 is 0 Å². The summed E-state index contributed by atoms with van der Waals surface area (Å²) < 4.78 is 6.96. The molecule has 0 spiro atoms. The van der Waals surface area contributed by atoms with Gasteiger partial charge in [-0.25, -0.2) is 0 Å². The maximum Gasteiger partial charge on any atom is 0.124 e. The number of hydrogen-bond acceptors (Lipinski definition) is 3. The van der Waals surface area contributed by atoms with Crippen molar-refractivity contribution < 1.29 is 4.74 Å². The number of para-hydroxylation sites is 1. The van der Waals surface area contributed by atoms with Gasteiger partial charge in [0.25, 0.3) is 0 Å². The fourth-order valence-corrected chi connectivity index (χ4v) is 2.73. The Kier molecular flexibility index (Phi) is 5.79. The summed E-state index contributed by atoms with van der Waals surface area (Å²) in [5.74, 6) is 6.65. The smallest absolute Gasteiger partial charge is 0.124 e. The maximum absolute atomic E-state index is 5.88. The fraction of sp³-hybridized carbons (Fsp3) is 0.294. The van der Waals surface area contributed by atoms with Crippen LogP contribution in [0.4, 0.5) is 0 Å². The van der Waals surface area contributed by atoms with Crippen LogP contribution in [0.5, 0.6) is 5.75 Å². The monoisotopic (exact) mass is 348 g/mol. The van der Waals surface area contributed by atoms with E-state index in [4.69, 9.17) is 10.6 Å². The number of ether oxygens (including phenoxy) is 1. The molecule has 0 aromatic heterocycles. The summed E-state index contributed by atoms with van der Waals surface area (Å²) in [7, 11) is 0. The Bertz CT molecular complexity index is 587. The highest BCUT2D eigenvalue weighted by Crippen LogP contribution is 2.28. The molecule has 0 saturated carbocycles. The second-order valence-corrected chi connectivity index (χ2v) is 6.17. The van der Waals surface area contributed by atoms with Crippen LogP contribution in [-0.4, -0.2) is 6.10 Å². The van der Waals surface area contributed by atoms with Gasteiger partial charge in [0.1, 0.15) is 5.75 Å². The van der Waals surface area contributed by atoms with E-state index in [1.54, 1.807) is 0 Å². The summed E-state index contributed by atoms with van der Waals surface area (Å²) in [6.45, 7) is 4.05. The van der Waals surface area contributed by atoms with E-state index in [0.717, 1.165) is 22.2 Å². The summed E-state index contributed by atoms with van der Waals surface area (Å²) in [4.78, 5) is 0. The number of hydrogen-bond donors (Lipinski definition) is 2. The standard InChI is InChI=1S/C17H21BrN2O/c1-12(2)21-17-9-4-3-8-15(17)16(20-19)11-13-6-5-7-14(18)10-13/h3-10,12,16,20H,11,19H2,1-2H3. The Labute approximate surface area is 134 Å². The molecule has 0 saturated heterocycles. The molecule has 1 unspecified atom stereocenters. The Morgan fingerprint density at radius 1 is 1.14 bits per heavy atom. The molecular weight excluding hydrogens is 328 g/mol. The zero-order chi connectivity index (χ0) is 15.2. The number of benzene rings is 2. The van der Waals surface area contributed by atoms with E-state index in [9.17, 15) is 0 Å². The van der Waals surface area contributed by atoms with Crippen molar-refractivity contribution in [2.75, 3.05) is 0 Å². The van der Waals surface area contributed by atoms with E-state index in [-0.39, 0.29) is 12.1 Å². The Morgan fingerprint density at radius 2 is 1.90 bits per heavy atom. The Hall–Kier alpha value is -1.36. The number of hydrazine groups is 1. The summed E-state index contributed by atoms with van der Waals surface area (Å²) >= 11 is 3.50. The van der Waals surface area contributed by atoms with E-state index in [0.29, 0.717) is 0 Å². The molecule has 2 aromatic carbocycles. The van der Waals surface area contributed by atoms with E-state index >= 15 is 0 Å². The summed E-state index contributed by atoms with van der Waals surface area (Å²) in [6.07, 6.45) is 0.935. The van der Waals surface area contributed by atoms with Crippen LogP contribution in [0, 0.1) is 0 Å². The minimum Gasteiger partial charge on any atom is -0.491 e. The van der Waals surface area contributed by atoms with Gasteiger partial charge in [-0.2, -0.15) is 0 Å². The molecule has 1 atom stereocenters. The van der Waals surface area contributed by atoms with E-state index in [1.165, 1.54) is 5.56 Å². The lowest BCUT2D eigenvalue weighted by Crippen LogP contribution is -2.30. The molecule has 3 N–H and O–H groups in total. The molecule has 0 aliphatic rings. The molecule has 3 nitrogen and oxygen atoms in total. The summed E-state index contributed by atoms with van der Waals surface area (Å²) in [5, 5.41) is 0. The molecule has 0 radical (unpaired) electrons. The van der Waals surface area contributed by atoms with Crippen molar-refractivity contribution in [3.05, 3.63) is 64.1 Å². The third kappa shape index (κ3) is 4.56. The first-order chi connectivity index (χ1) is 10.1. The van der Waals surface area contributed by atoms with Crippen LogP contribution < -0.4 is 16.0 Å². The van der Waals surface area contributed by atoms with Gasteiger partial charge in [-0.15, -0.1) is 0 Å². The number of nitrogens with one attached hydrogen (secondary N) is 1. The van der Waals surface area contributed by atoms with E-state index in [1.807, 2.05) is 44.2 Å². The lowest BCUT2D eigenvalue weighted by Gasteiger charge is -2.21. The third-order valence-corrected chi connectivity index (χ3v) is 3.68. The van der Waals surface area contributed by atoms with Crippen LogP contribution in [0.1, 0.15) is 31.0 Å². The van der Waals surface area contributed by atoms with Crippen LogP contribution in [0.15, 0.2) is 53.0 Å². The highest BCUT2D eigenvalue weighted by molar-refractivity contribution is 9.10. The molecular formula is C17H21BrN2O. The van der Waals surface area contributed by atoms with Crippen LogP contribution >= 0.6 is 15.9 Å². The highest BCUT2D eigenvalue weighted by Gasteiger charge is 2.16. The molecule has 0 aliphatic carbocycles. The molecule has 2 aromatic rings. The normalized spacial score (nSPS) is 12.4. The second kappa shape index (κ2) is 7.59. The molecule has 21 heavy (non-hydrogen) atoms. The lowest BCUT2D eigenvalue weighted by atomic mass is 9.98. The average Bonchev–Trinajstić information content (AvgIpc) is 2.45. The average molecular weight is 349 g/mol. The molecule has 112 valence electrons. The van der Waals surface area contributed by atoms with Crippen LogP contribution in [-0.2, 0) is 6.42 Å². The summed E-state index contributed by atoms with van der Waals surface area (Å²) in [6, 6.07) is 16.3. The van der Waals surface area contributed by atoms with Crippen LogP contribution in [0.2, 0.25) is 0 Å². The van der Waals surface area contributed by atoms with E-state index in [2.05, 4.69) is 39.6 Å². The predicted molar refractivity (Wildman–Crippen MR) is 90.1 cm³/mol. The summed E-state index contributed by atoms with van der Waals surface area (Å²) in [5.41, 5.74) is 5.20. The predicted octanol–water partition coefficient (Wildman–Crippen LogP) is 3.98. The SMILES string of the molecule is CC(C)Oc1ccccc1C(Cc1cccc(Br)c1)NN. The number of halogens is 1. The van der Waals surface area contributed by atoms with Crippen molar-refractivity contribution >= 4 is 15.9 Å². The molecule has 0 aliphatic heterocycles. The molecule has 0 heterocycles. The van der Waals surface area contributed by atoms with Crippen molar-refractivity contribution in [2.45, 2.75) is 32.4 Å². The van der Waals surface area contributed by atoms with Gasteiger partial charge < -0.3 is 4.74 Å². The largest absolute Gasteiger partial charge is 0.491 e. The zero-order valence-electron chi connectivity index (χ0n) is 12.3. The van der Waals surface area contributed by atoms with Gasteiger partial charge in [-0.05, 0) is 44.0 Å². The van der Waals surface area contributed by atoms with Crippen molar-refractivity contribution in [2.24, 2.45) is 5.84 Å². The zero-order valence-corrected chi connectivity index (χ0v) is 13.9. The quantitative estimate of drug-likeness (QED) is 0.613. The molecule has 0 amide bonds. The van der Waals surface area contributed by atoms with Gasteiger partial charge in [0.05, 0.1) is 12.1 Å². The van der Waals surface area contributed by atoms with Gasteiger partial charge in [-0.3, -0.25) is 11.3 Å². The molecule has 0 bridgehead atoms. The van der Waals surface area contributed by atoms with Crippen molar-refractivity contribution in [3.63, 3.8) is 0 Å². The topological polar surface area (TPSA) is 47.3 Å². The molecule has 2 rings (SSSR count). The minimum atomic E-state index is 0.00856. The second-order valence-electron chi connectivity index (χ2n) is 5.26. The Morgan fingerprint density at radius 3 is 2.57 bits per heavy atom. The Balaban J connectivity index is 2.25. The van der Waals surface area contributed by atoms with Crippen molar-refractivity contribution in [3.8, 4) is 5.75 Å². The van der Waals surface area contributed by atoms with Crippen molar-refractivity contribution in [1.29, 1.82) is 0 Å². The van der Waals surface area contributed by atoms with Gasteiger partial charge >= 0.3 is 0 Å². The van der Waals surface area contributed by atoms with Crippen LogP contribution in [0.3, 0.4) is 0 Å². The van der Waals surface area contributed by atoms with Gasteiger partial charge in [0.2, 0.25) is 0 Å². The first kappa shape index (κ1) is 16.0. The number of nitrogens with two attached hydrogens (primary N) is 1. The lowest BCUT2D eigenvalue weighted by molar-refractivity contribution is 0.237. The molecule has 0 fully saturated rings. The number of rotatable bonds is 6. The van der Waals surface area contributed by atoms with Gasteiger partial charge in [0, 0.05) is 10.0 Å². The first-order valence-electron chi connectivity index (χ1n) is 7.06. The van der Waals surface area contributed by atoms with Crippen molar-refractivity contribution in [1.82, 2.24) is 5.43 Å². The maximum atomic E-state index is 5.88. The third-order valence-electron chi connectivity index (χ3n) is 3.19. The molecule has 4 heteroatoms. The minimum absolute atomic E-state index is 0.00856. The van der Waals surface area contributed by atoms with Crippen LogP contribution in [0.25, 0.3) is 0 Å². The van der Waals surface area contributed by atoms with Gasteiger partial charge in [-0.1, -0.05) is 46.3 Å². The first-order valence-corrected chi connectivity index (χ1v) is 7.85.